The average molecular weight is 339 g/mol. The van der Waals surface area contributed by atoms with Gasteiger partial charge in [-0.1, -0.05) is 0 Å². The molecule has 0 radical (unpaired) electrons. The molecule has 0 aromatic carbocycles. The normalized spacial score (nSPS) is 19.0. The number of likely N-dealkylation sites (tertiary alicyclic amines) is 1. The lowest BCUT2D eigenvalue weighted by Crippen LogP contribution is -2.45. The monoisotopic (exact) mass is 338 g/mol. The lowest BCUT2D eigenvalue weighted by molar-refractivity contribution is 0.0166. The van der Waals surface area contributed by atoms with Crippen molar-refractivity contribution in [3.63, 3.8) is 0 Å². The zero-order chi connectivity index (χ0) is 17.0. The summed E-state index contributed by atoms with van der Waals surface area (Å²) in [5.74, 6) is 0.510. The van der Waals surface area contributed by atoms with Crippen molar-refractivity contribution in [2.45, 2.75) is 59.6 Å². The lowest BCUT2D eigenvalue weighted by atomic mass is 9.98. The number of hydrogen-bond donors (Lipinski definition) is 1. The van der Waals surface area contributed by atoms with Gasteiger partial charge in [-0.3, -0.25) is 0 Å². The van der Waals surface area contributed by atoms with Gasteiger partial charge in [-0.2, -0.15) is 0 Å². The van der Waals surface area contributed by atoms with Crippen molar-refractivity contribution in [1.29, 1.82) is 0 Å². The number of hydrogen-bond acceptors (Lipinski definition) is 4. The summed E-state index contributed by atoms with van der Waals surface area (Å²) in [5.41, 5.74) is 0.976. The Morgan fingerprint density at radius 3 is 2.78 bits per heavy atom. The number of piperidine rings is 1. The van der Waals surface area contributed by atoms with E-state index in [4.69, 9.17) is 4.74 Å². The van der Waals surface area contributed by atoms with Crippen molar-refractivity contribution in [3.05, 3.63) is 21.4 Å². The third-order valence-corrected chi connectivity index (χ3v) is 5.07. The van der Waals surface area contributed by atoms with Crippen LogP contribution in [0.15, 0.2) is 6.07 Å². The number of ether oxygens (including phenoxy) is 1. The number of thiophene rings is 1. The molecular formula is C18H30N2O2S. The Balaban J connectivity index is 1.78. The number of amides is 1. The summed E-state index contributed by atoms with van der Waals surface area (Å²) in [6.45, 7) is 13.6. The highest BCUT2D eigenvalue weighted by Gasteiger charge is 2.27. The van der Waals surface area contributed by atoms with Gasteiger partial charge < -0.3 is 15.0 Å². The summed E-state index contributed by atoms with van der Waals surface area (Å²) >= 11 is 1.86. The van der Waals surface area contributed by atoms with Crippen LogP contribution in [0.1, 0.15) is 48.9 Å². The van der Waals surface area contributed by atoms with E-state index >= 15 is 0 Å². The van der Waals surface area contributed by atoms with Crippen LogP contribution in [0.4, 0.5) is 4.79 Å². The molecule has 1 saturated heterocycles. The Morgan fingerprint density at radius 1 is 1.43 bits per heavy atom. The van der Waals surface area contributed by atoms with Crippen LogP contribution in [0.5, 0.6) is 0 Å². The number of nitrogens with zero attached hydrogens (tertiary/aromatic N) is 1. The summed E-state index contributed by atoms with van der Waals surface area (Å²) in [6, 6.07) is 2.26. The first kappa shape index (κ1) is 18.3. The molecule has 0 spiro atoms. The van der Waals surface area contributed by atoms with Gasteiger partial charge in [-0.15, -0.1) is 11.3 Å². The third kappa shape index (κ3) is 5.81. The highest BCUT2D eigenvalue weighted by molar-refractivity contribution is 7.12. The fourth-order valence-corrected chi connectivity index (χ4v) is 3.94. The van der Waals surface area contributed by atoms with Gasteiger partial charge in [-0.05, 0) is 71.6 Å². The molecule has 0 bridgehead atoms. The Kier molecular flexibility index (Phi) is 6.09. The van der Waals surface area contributed by atoms with E-state index in [-0.39, 0.29) is 6.09 Å². The summed E-state index contributed by atoms with van der Waals surface area (Å²) in [7, 11) is 0. The third-order valence-electron chi connectivity index (χ3n) is 4.06. The predicted molar refractivity (Wildman–Crippen MR) is 96.0 cm³/mol. The molecule has 23 heavy (non-hydrogen) atoms. The fourth-order valence-electron chi connectivity index (χ4n) is 2.99. The first-order chi connectivity index (χ1) is 10.7. The number of rotatable bonds is 4. The molecule has 1 aromatic rings. The smallest absolute Gasteiger partial charge is 0.410 e. The van der Waals surface area contributed by atoms with Gasteiger partial charge >= 0.3 is 6.09 Å². The Hall–Kier alpha value is -1.07. The Morgan fingerprint density at radius 2 is 2.17 bits per heavy atom. The topological polar surface area (TPSA) is 41.6 Å². The summed E-state index contributed by atoms with van der Waals surface area (Å²) < 4.78 is 5.49. The number of aryl methyl sites for hydroxylation is 2. The highest BCUT2D eigenvalue weighted by Crippen LogP contribution is 2.21. The first-order valence-corrected chi connectivity index (χ1v) is 9.31. The van der Waals surface area contributed by atoms with Crippen LogP contribution in [-0.4, -0.2) is 36.2 Å². The molecule has 1 N–H and O–H groups in total. The molecule has 1 amide bonds. The van der Waals surface area contributed by atoms with E-state index < -0.39 is 5.60 Å². The van der Waals surface area contributed by atoms with Crippen molar-refractivity contribution >= 4 is 17.4 Å². The van der Waals surface area contributed by atoms with Crippen LogP contribution < -0.4 is 5.32 Å². The van der Waals surface area contributed by atoms with Crippen LogP contribution in [0, 0.1) is 19.8 Å². The maximum Gasteiger partial charge on any atom is 0.410 e. The van der Waals surface area contributed by atoms with Gasteiger partial charge in [0.15, 0.2) is 0 Å². The van der Waals surface area contributed by atoms with E-state index in [1.807, 2.05) is 37.0 Å². The van der Waals surface area contributed by atoms with Crippen molar-refractivity contribution in [3.8, 4) is 0 Å². The second-order valence-electron chi connectivity index (χ2n) is 7.50. The molecule has 130 valence electrons. The second kappa shape index (κ2) is 7.67. The van der Waals surface area contributed by atoms with Crippen molar-refractivity contribution < 1.29 is 9.53 Å². The van der Waals surface area contributed by atoms with Crippen molar-refractivity contribution in [2.24, 2.45) is 5.92 Å². The molecule has 1 aliphatic heterocycles. The van der Waals surface area contributed by atoms with E-state index in [9.17, 15) is 4.79 Å². The highest BCUT2D eigenvalue weighted by atomic mass is 32.1. The molecule has 2 rings (SSSR count). The van der Waals surface area contributed by atoms with Gasteiger partial charge in [-0.25, -0.2) is 4.79 Å². The molecule has 1 fully saturated rings. The van der Waals surface area contributed by atoms with Crippen LogP contribution in [0.3, 0.4) is 0 Å². The predicted octanol–water partition coefficient (Wildman–Crippen LogP) is 4.10. The average Bonchev–Trinajstić information content (AvgIpc) is 2.75. The van der Waals surface area contributed by atoms with E-state index in [0.717, 1.165) is 32.6 Å². The molecule has 5 heteroatoms. The summed E-state index contributed by atoms with van der Waals surface area (Å²) in [4.78, 5) is 16.8. The number of carbonyl (C=O) groups excluding carboxylic acids is 1. The summed E-state index contributed by atoms with van der Waals surface area (Å²) in [6.07, 6.45) is 2.06. The molecule has 1 aliphatic rings. The van der Waals surface area contributed by atoms with Gasteiger partial charge in [0.1, 0.15) is 5.60 Å². The van der Waals surface area contributed by atoms with Crippen LogP contribution in [0.25, 0.3) is 0 Å². The Bertz CT molecular complexity index is 534. The standard InChI is InChI=1S/C18H30N2O2S/c1-13-9-16(14(2)23-13)11-19-10-15-7-6-8-20(12-15)17(21)22-18(3,4)5/h9,15,19H,6-8,10-12H2,1-5H3. The minimum atomic E-state index is -0.420. The second-order valence-corrected chi connectivity index (χ2v) is 8.96. The summed E-state index contributed by atoms with van der Waals surface area (Å²) in [5, 5.41) is 3.56. The van der Waals surface area contributed by atoms with Crippen molar-refractivity contribution in [2.75, 3.05) is 19.6 Å². The SMILES string of the molecule is Cc1cc(CNCC2CCCN(C(=O)OC(C)(C)C)C2)c(C)s1. The van der Waals surface area contributed by atoms with E-state index in [2.05, 4.69) is 25.2 Å². The fraction of sp³-hybridized carbons (Fsp3) is 0.722. The maximum absolute atomic E-state index is 12.2. The molecular weight excluding hydrogens is 308 g/mol. The number of carbonyl (C=O) groups is 1. The van der Waals surface area contributed by atoms with Gasteiger partial charge in [0.2, 0.25) is 0 Å². The minimum Gasteiger partial charge on any atom is -0.444 e. The van der Waals surface area contributed by atoms with Gasteiger partial charge in [0.25, 0.3) is 0 Å². The van der Waals surface area contributed by atoms with E-state index in [0.29, 0.717) is 5.92 Å². The van der Waals surface area contributed by atoms with Crippen molar-refractivity contribution in [1.82, 2.24) is 10.2 Å². The first-order valence-electron chi connectivity index (χ1n) is 8.49. The zero-order valence-electron chi connectivity index (χ0n) is 15.1. The largest absolute Gasteiger partial charge is 0.444 e. The minimum absolute atomic E-state index is 0.175. The van der Waals surface area contributed by atoms with E-state index in [1.54, 1.807) is 0 Å². The van der Waals surface area contributed by atoms with Gasteiger partial charge in [0.05, 0.1) is 0 Å². The van der Waals surface area contributed by atoms with E-state index in [1.165, 1.54) is 21.7 Å². The van der Waals surface area contributed by atoms with Gasteiger partial charge in [0, 0.05) is 29.4 Å². The molecule has 2 heterocycles. The molecule has 1 aromatic heterocycles. The molecule has 0 aliphatic carbocycles. The molecule has 1 unspecified atom stereocenters. The Labute approximate surface area is 144 Å². The zero-order valence-corrected chi connectivity index (χ0v) is 15.9. The molecule has 4 nitrogen and oxygen atoms in total. The molecule has 1 atom stereocenters. The lowest BCUT2D eigenvalue weighted by Gasteiger charge is -2.34. The number of nitrogens with one attached hydrogen (secondary N) is 1. The molecule has 0 saturated carbocycles. The maximum atomic E-state index is 12.2. The van der Waals surface area contributed by atoms with Crippen LogP contribution in [0.2, 0.25) is 0 Å². The van der Waals surface area contributed by atoms with Crippen LogP contribution in [-0.2, 0) is 11.3 Å². The van der Waals surface area contributed by atoms with Crippen LogP contribution >= 0.6 is 11.3 Å². The quantitative estimate of drug-likeness (QED) is 0.898.